The van der Waals surface area contributed by atoms with Gasteiger partial charge in [-0.25, -0.2) is 17.5 Å². The van der Waals surface area contributed by atoms with Gasteiger partial charge in [0.05, 0.1) is 17.4 Å². The molecule has 0 saturated carbocycles. The molecule has 1 spiro atoms. The maximum absolute atomic E-state index is 12.7. The number of rotatable bonds is 8. The molecule has 2 aliphatic heterocycles. The highest BCUT2D eigenvalue weighted by Gasteiger charge is 2.51. The quantitative estimate of drug-likeness (QED) is 0.480. The van der Waals surface area contributed by atoms with Gasteiger partial charge in [0.2, 0.25) is 10.0 Å². The first-order valence-electron chi connectivity index (χ1n) is 9.45. The second-order valence-electron chi connectivity index (χ2n) is 7.21. The predicted molar refractivity (Wildman–Crippen MR) is 101 cm³/mol. The monoisotopic (exact) mass is 402 g/mol. The highest BCUT2D eigenvalue weighted by molar-refractivity contribution is 7.89. The molecule has 2 aliphatic rings. The number of sulfonamides is 1. The van der Waals surface area contributed by atoms with Crippen LogP contribution < -0.4 is 5.32 Å². The zero-order valence-electron chi connectivity index (χ0n) is 16.5. The van der Waals surface area contributed by atoms with Gasteiger partial charge < -0.3 is 14.8 Å². The predicted octanol–water partition coefficient (Wildman–Crippen LogP) is 0.975. The van der Waals surface area contributed by atoms with Gasteiger partial charge in [-0.1, -0.05) is 0 Å². The van der Waals surface area contributed by atoms with Gasteiger partial charge in [0.1, 0.15) is 5.60 Å². The third-order valence-electron chi connectivity index (χ3n) is 5.00. The topological polar surface area (TPSA) is 102 Å². The zero-order chi connectivity index (χ0) is 20.2. The fraction of sp³-hybridized carbons (Fsp3) is 0.778. The number of amides is 1. The smallest absolute Gasteiger partial charge is 0.335 e. The summed E-state index contributed by atoms with van der Waals surface area (Å²) in [5, 5.41) is 2.83. The average Bonchev–Trinajstić information content (AvgIpc) is 2.84. The summed E-state index contributed by atoms with van der Waals surface area (Å²) in [4.78, 5) is 24.9. The van der Waals surface area contributed by atoms with E-state index in [-0.39, 0.29) is 43.7 Å². The summed E-state index contributed by atoms with van der Waals surface area (Å²) in [6, 6.07) is 0. The molecule has 1 fully saturated rings. The number of hydrogen-bond acceptors (Lipinski definition) is 6. The number of ether oxygens (including phenoxy) is 2. The van der Waals surface area contributed by atoms with Crippen molar-refractivity contribution in [1.82, 2.24) is 9.62 Å². The summed E-state index contributed by atoms with van der Waals surface area (Å²) < 4.78 is 36.6. The van der Waals surface area contributed by atoms with Crippen LogP contribution in [0.4, 0.5) is 0 Å². The molecule has 1 amide bonds. The third kappa shape index (κ3) is 4.89. The van der Waals surface area contributed by atoms with Gasteiger partial charge in [-0.3, -0.25) is 4.79 Å². The van der Waals surface area contributed by atoms with Crippen molar-refractivity contribution in [2.75, 3.05) is 32.0 Å². The van der Waals surface area contributed by atoms with Crippen LogP contribution in [0.5, 0.6) is 0 Å². The molecule has 0 aliphatic carbocycles. The van der Waals surface area contributed by atoms with Crippen LogP contribution in [0, 0.1) is 0 Å². The van der Waals surface area contributed by atoms with Crippen LogP contribution in [0.15, 0.2) is 11.1 Å². The summed E-state index contributed by atoms with van der Waals surface area (Å²) in [6.45, 7) is 8.52. The molecule has 0 aromatic rings. The van der Waals surface area contributed by atoms with Gasteiger partial charge in [-0.05, 0) is 34.1 Å². The Balaban J connectivity index is 2.03. The fourth-order valence-electron chi connectivity index (χ4n) is 3.47. The molecular formula is C18H30N2O6S. The first kappa shape index (κ1) is 21.8. The Labute approximate surface area is 161 Å². The molecule has 0 bridgehead atoms. The summed E-state index contributed by atoms with van der Waals surface area (Å²) in [6.07, 6.45) is 1.38. The van der Waals surface area contributed by atoms with Gasteiger partial charge in [-0.2, -0.15) is 0 Å². The summed E-state index contributed by atoms with van der Waals surface area (Å²) in [5.41, 5.74) is -0.386. The van der Waals surface area contributed by atoms with E-state index < -0.39 is 21.6 Å². The Hall–Kier alpha value is -1.45. The number of hydrogen-bond donors (Lipinski definition) is 1. The molecule has 9 heteroatoms. The Kier molecular flexibility index (Phi) is 7.04. The molecule has 0 aromatic carbocycles. The normalized spacial score (nSPS) is 20.4. The lowest BCUT2D eigenvalue weighted by molar-refractivity contribution is -0.150. The minimum absolute atomic E-state index is 0.0282. The first-order chi connectivity index (χ1) is 12.6. The lowest BCUT2D eigenvalue weighted by atomic mass is 9.83. The maximum Gasteiger partial charge on any atom is 0.335 e. The number of piperidine rings is 1. The van der Waals surface area contributed by atoms with Crippen LogP contribution in [0.25, 0.3) is 0 Å². The number of esters is 1. The van der Waals surface area contributed by atoms with E-state index in [2.05, 4.69) is 5.32 Å². The minimum Gasteiger partial charge on any atom is -0.450 e. The lowest BCUT2D eigenvalue weighted by Gasteiger charge is -2.38. The standard InChI is InChI=1S/C18H30N2O6S/c1-5-27(23,24)20-10-7-18(8-11-20)15(14(4)17(22)26-18)16(21)19-9-6-12-25-13(2)3/h13H,5-12H2,1-4H3,(H,19,21). The van der Waals surface area contributed by atoms with E-state index in [1.54, 1.807) is 13.8 Å². The number of carbonyl (C=O) groups is 2. The second kappa shape index (κ2) is 8.70. The Morgan fingerprint density at radius 1 is 1.33 bits per heavy atom. The van der Waals surface area contributed by atoms with Crippen LogP contribution in [-0.4, -0.2) is 68.3 Å². The van der Waals surface area contributed by atoms with E-state index in [0.29, 0.717) is 30.7 Å². The SMILES string of the molecule is CCS(=O)(=O)N1CCC2(CC1)OC(=O)C(C)=C2C(=O)NCCCOC(C)C. The molecule has 27 heavy (non-hydrogen) atoms. The highest BCUT2D eigenvalue weighted by atomic mass is 32.2. The number of nitrogens with one attached hydrogen (secondary N) is 1. The highest BCUT2D eigenvalue weighted by Crippen LogP contribution is 2.41. The molecule has 2 rings (SSSR count). The third-order valence-corrected chi connectivity index (χ3v) is 6.88. The van der Waals surface area contributed by atoms with Gasteiger partial charge in [0.25, 0.3) is 5.91 Å². The van der Waals surface area contributed by atoms with E-state index in [9.17, 15) is 18.0 Å². The van der Waals surface area contributed by atoms with Crippen LogP contribution in [-0.2, 0) is 29.1 Å². The molecular weight excluding hydrogens is 372 g/mol. The minimum atomic E-state index is -3.30. The van der Waals surface area contributed by atoms with Gasteiger partial charge in [0, 0.05) is 44.7 Å². The van der Waals surface area contributed by atoms with Crippen molar-refractivity contribution in [3.8, 4) is 0 Å². The van der Waals surface area contributed by atoms with Crippen molar-refractivity contribution in [3.05, 3.63) is 11.1 Å². The first-order valence-corrected chi connectivity index (χ1v) is 11.1. The molecule has 0 aromatic heterocycles. The molecule has 0 atom stereocenters. The fourth-order valence-corrected chi connectivity index (χ4v) is 4.57. The number of nitrogens with zero attached hydrogens (tertiary/aromatic N) is 1. The van der Waals surface area contributed by atoms with E-state index in [1.807, 2.05) is 13.8 Å². The molecule has 1 saturated heterocycles. The molecule has 1 N–H and O–H groups in total. The van der Waals surface area contributed by atoms with Crippen LogP contribution in [0.3, 0.4) is 0 Å². The summed E-state index contributed by atoms with van der Waals surface area (Å²) in [7, 11) is -3.30. The van der Waals surface area contributed by atoms with Crippen molar-refractivity contribution >= 4 is 21.9 Å². The summed E-state index contributed by atoms with van der Waals surface area (Å²) >= 11 is 0. The molecule has 0 unspecified atom stereocenters. The van der Waals surface area contributed by atoms with Crippen molar-refractivity contribution in [3.63, 3.8) is 0 Å². The second-order valence-corrected chi connectivity index (χ2v) is 9.47. The zero-order valence-corrected chi connectivity index (χ0v) is 17.4. The van der Waals surface area contributed by atoms with Gasteiger partial charge in [-0.15, -0.1) is 0 Å². The van der Waals surface area contributed by atoms with E-state index >= 15 is 0 Å². The van der Waals surface area contributed by atoms with E-state index in [1.165, 1.54) is 4.31 Å². The molecule has 8 nitrogen and oxygen atoms in total. The molecule has 0 radical (unpaired) electrons. The van der Waals surface area contributed by atoms with E-state index in [4.69, 9.17) is 9.47 Å². The van der Waals surface area contributed by atoms with Crippen molar-refractivity contribution in [1.29, 1.82) is 0 Å². The Morgan fingerprint density at radius 2 is 1.96 bits per heavy atom. The average molecular weight is 403 g/mol. The Bertz CT molecular complexity index is 705. The van der Waals surface area contributed by atoms with Gasteiger partial charge >= 0.3 is 5.97 Å². The van der Waals surface area contributed by atoms with Crippen molar-refractivity contribution in [2.45, 2.75) is 58.7 Å². The molecule has 2 heterocycles. The van der Waals surface area contributed by atoms with Crippen LogP contribution >= 0.6 is 0 Å². The lowest BCUT2D eigenvalue weighted by Crippen LogP contribution is -2.50. The van der Waals surface area contributed by atoms with Crippen LogP contribution in [0.1, 0.15) is 47.0 Å². The van der Waals surface area contributed by atoms with Crippen LogP contribution in [0.2, 0.25) is 0 Å². The largest absolute Gasteiger partial charge is 0.450 e. The molecule has 154 valence electrons. The maximum atomic E-state index is 12.7. The van der Waals surface area contributed by atoms with E-state index in [0.717, 1.165) is 0 Å². The van der Waals surface area contributed by atoms with Crippen molar-refractivity contribution < 1.29 is 27.5 Å². The number of carbonyl (C=O) groups excluding carboxylic acids is 2. The Morgan fingerprint density at radius 3 is 2.52 bits per heavy atom. The van der Waals surface area contributed by atoms with Crippen molar-refractivity contribution in [2.24, 2.45) is 0 Å². The van der Waals surface area contributed by atoms with Gasteiger partial charge in [0.15, 0.2) is 0 Å². The summed E-state index contributed by atoms with van der Waals surface area (Å²) in [5.74, 6) is -0.801.